The third kappa shape index (κ3) is 5.40. The highest BCUT2D eigenvalue weighted by Crippen LogP contribution is 2.38. The van der Waals surface area contributed by atoms with Crippen LogP contribution < -0.4 is 5.32 Å². The summed E-state index contributed by atoms with van der Waals surface area (Å²) in [6.07, 6.45) is 2.26. The first-order chi connectivity index (χ1) is 15.6. The molecular weight excluding hydrogens is 400 g/mol. The first kappa shape index (κ1) is 23.0. The van der Waals surface area contributed by atoms with Crippen molar-refractivity contribution in [2.24, 2.45) is 5.41 Å². The maximum absolute atomic E-state index is 13.5. The van der Waals surface area contributed by atoms with Crippen molar-refractivity contribution in [1.82, 2.24) is 10.2 Å². The molecule has 2 heterocycles. The summed E-state index contributed by atoms with van der Waals surface area (Å²) in [7, 11) is 0. The Bertz CT molecular complexity index is 915. The van der Waals surface area contributed by atoms with Crippen LogP contribution in [0.4, 0.5) is 0 Å². The molecule has 2 aliphatic heterocycles. The molecule has 172 valence electrons. The molecule has 5 nitrogen and oxygen atoms in total. The van der Waals surface area contributed by atoms with Crippen molar-refractivity contribution in [2.45, 2.75) is 33.1 Å². The lowest BCUT2D eigenvalue weighted by Gasteiger charge is -2.37. The standard InChI is InChI=1S/C27H36N2O3/c1-21-7-8-24(22(2)19-21)25-6-4-3-5-23(25)20-27(9-15-31-16-10-27)26(30)28-11-12-29-13-17-32-18-14-29/h3-8,19H,9-18,20H2,1-2H3,(H,28,30). The largest absolute Gasteiger partial charge is 0.381 e. The molecule has 2 aromatic rings. The van der Waals surface area contributed by atoms with Gasteiger partial charge in [0.25, 0.3) is 0 Å². The van der Waals surface area contributed by atoms with Gasteiger partial charge in [-0.15, -0.1) is 0 Å². The number of ether oxygens (including phenoxy) is 2. The number of rotatable bonds is 7. The van der Waals surface area contributed by atoms with Crippen LogP contribution in [-0.2, 0) is 20.7 Å². The summed E-state index contributed by atoms with van der Waals surface area (Å²) in [5.74, 6) is 0.171. The van der Waals surface area contributed by atoms with Gasteiger partial charge in [-0.05, 0) is 55.4 Å². The number of aryl methyl sites for hydroxylation is 2. The lowest BCUT2D eigenvalue weighted by molar-refractivity contribution is -0.136. The van der Waals surface area contributed by atoms with Crippen LogP contribution in [0.15, 0.2) is 42.5 Å². The van der Waals surface area contributed by atoms with Crippen LogP contribution in [-0.4, -0.2) is 63.4 Å². The van der Waals surface area contributed by atoms with Crippen molar-refractivity contribution in [3.63, 3.8) is 0 Å². The summed E-state index contributed by atoms with van der Waals surface area (Å²) < 4.78 is 11.1. The molecule has 4 rings (SSSR count). The van der Waals surface area contributed by atoms with Crippen molar-refractivity contribution < 1.29 is 14.3 Å². The molecule has 0 aliphatic carbocycles. The van der Waals surface area contributed by atoms with Gasteiger partial charge in [-0.1, -0.05) is 48.0 Å². The van der Waals surface area contributed by atoms with Gasteiger partial charge in [0.2, 0.25) is 5.91 Å². The third-order valence-electron chi connectivity index (χ3n) is 6.97. The lowest BCUT2D eigenvalue weighted by atomic mass is 9.73. The van der Waals surface area contributed by atoms with E-state index in [-0.39, 0.29) is 5.91 Å². The monoisotopic (exact) mass is 436 g/mol. The Hall–Kier alpha value is -2.21. The predicted octanol–water partition coefficient (Wildman–Crippen LogP) is 3.76. The van der Waals surface area contributed by atoms with Gasteiger partial charge in [0.15, 0.2) is 0 Å². The topological polar surface area (TPSA) is 50.8 Å². The molecule has 0 radical (unpaired) electrons. The molecule has 0 unspecified atom stereocenters. The van der Waals surface area contributed by atoms with E-state index in [0.717, 1.165) is 52.1 Å². The number of carbonyl (C=O) groups excluding carboxylic acids is 1. The van der Waals surface area contributed by atoms with E-state index in [9.17, 15) is 4.79 Å². The quantitative estimate of drug-likeness (QED) is 0.718. The first-order valence-electron chi connectivity index (χ1n) is 11.9. The minimum atomic E-state index is -0.419. The number of benzene rings is 2. The zero-order valence-electron chi connectivity index (χ0n) is 19.5. The van der Waals surface area contributed by atoms with Crippen LogP contribution >= 0.6 is 0 Å². The van der Waals surface area contributed by atoms with E-state index in [1.165, 1.54) is 27.8 Å². The van der Waals surface area contributed by atoms with Gasteiger partial charge in [-0.2, -0.15) is 0 Å². The number of amides is 1. The van der Waals surface area contributed by atoms with E-state index in [0.29, 0.717) is 19.8 Å². The van der Waals surface area contributed by atoms with Gasteiger partial charge in [-0.25, -0.2) is 0 Å². The summed E-state index contributed by atoms with van der Waals surface area (Å²) in [5.41, 5.74) is 5.85. The molecule has 1 amide bonds. The molecule has 5 heteroatoms. The molecule has 2 aliphatic rings. The van der Waals surface area contributed by atoms with E-state index >= 15 is 0 Å². The smallest absolute Gasteiger partial charge is 0.226 e. The summed E-state index contributed by atoms with van der Waals surface area (Å²) in [4.78, 5) is 15.9. The number of nitrogens with zero attached hydrogens (tertiary/aromatic N) is 1. The van der Waals surface area contributed by atoms with Crippen LogP contribution in [0.25, 0.3) is 11.1 Å². The van der Waals surface area contributed by atoms with E-state index in [1.54, 1.807) is 0 Å². The third-order valence-corrected chi connectivity index (χ3v) is 6.97. The van der Waals surface area contributed by atoms with E-state index < -0.39 is 5.41 Å². The van der Waals surface area contributed by atoms with Gasteiger partial charge in [0.05, 0.1) is 18.6 Å². The molecule has 1 N–H and O–H groups in total. The number of hydrogen-bond acceptors (Lipinski definition) is 4. The minimum absolute atomic E-state index is 0.171. The minimum Gasteiger partial charge on any atom is -0.381 e. The Balaban J connectivity index is 1.52. The second-order valence-electron chi connectivity index (χ2n) is 9.25. The maximum atomic E-state index is 13.5. The molecule has 32 heavy (non-hydrogen) atoms. The average molecular weight is 437 g/mol. The second-order valence-corrected chi connectivity index (χ2v) is 9.25. The average Bonchev–Trinajstić information content (AvgIpc) is 2.81. The number of nitrogens with one attached hydrogen (secondary N) is 1. The van der Waals surface area contributed by atoms with Gasteiger partial charge in [-0.3, -0.25) is 9.69 Å². The maximum Gasteiger partial charge on any atom is 0.226 e. The van der Waals surface area contributed by atoms with Crippen molar-refractivity contribution in [3.05, 3.63) is 59.2 Å². The van der Waals surface area contributed by atoms with Crippen LogP contribution in [0.3, 0.4) is 0 Å². The van der Waals surface area contributed by atoms with Crippen molar-refractivity contribution >= 4 is 5.91 Å². The Labute approximate surface area is 192 Å². The van der Waals surface area contributed by atoms with Gasteiger partial charge >= 0.3 is 0 Å². The lowest BCUT2D eigenvalue weighted by Crippen LogP contribution is -2.48. The fourth-order valence-electron chi connectivity index (χ4n) is 5.00. The zero-order chi connectivity index (χ0) is 22.4. The Morgan fingerprint density at radius 3 is 2.44 bits per heavy atom. The highest BCUT2D eigenvalue weighted by molar-refractivity contribution is 5.84. The van der Waals surface area contributed by atoms with Crippen LogP contribution in [0, 0.1) is 19.3 Å². The van der Waals surface area contributed by atoms with Crippen LogP contribution in [0.2, 0.25) is 0 Å². The van der Waals surface area contributed by atoms with Crippen LogP contribution in [0.5, 0.6) is 0 Å². The zero-order valence-corrected chi connectivity index (χ0v) is 19.5. The van der Waals surface area contributed by atoms with Crippen molar-refractivity contribution in [3.8, 4) is 11.1 Å². The molecule has 2 aromatic carbocycles. The highest BCUT2D eigenvalue weighted by Gasteiger charge is 2.40. The summed E-state index contributed by atoms with van der Waals surface area (Å²) in [5, 5.41) is 3.26. The molecule has 0 spiro atoms. The number of carbonyl (C=O) groups is 1. The van der Waals surface area contributed by atoms with Crippen molar-refractivity contribution in [2.75, 3.05) is 52.6 Å². The molecular formula is C27H36N2O3. The van der Waals surface area contributed by atoms with Gasteiger partial charge < -0.3 is 14.8 Å². The van der Waals surface area contributed by atoms with E-state index in [4.69, 9.17) is 9.47 Å². The molecule has 0 aromatic heterocycles. The molecule has 2 fully saturated rings. The Kier molecular flexibility index (Phi) is 7.61. The predicted molar refractivity (Wildman–Crippen MR) is 128 cm³/mol. The SMILES string of the molecule is Cc1ccc(-c2ccccc2CC2(C(=O)NCCN3CCOCC3)CCOCC2)c(C)c1. The fourth-order valence-corrected chi connectivity index (χ4v) is 5.00. The van der Waals surface area contributed by atoms with E-state index in [2.05, 4.69) is 66.5 Å². The molecule has 0 saturated carbocycles. The summed E-state index contributed by atoms with van der Waals surface area (Å²) >= 11 is 0. The summed E-state index contributed by atoms with van der Waals surface area (Å²) in [6.45, 7) is 10.6. The Morgan fingerprint density at radius 1 is 0.969 bits per heavy atom. The second kappa shape index (κ2) is 10.6. The van der Waals surface area contributed by atoms with Gasteiger partial charge in [0, 0.05) is 39.4 Å². The fraction of sp³-hybridized carbons (Fsp3) is 0.519. The molecule has 0 bridgehead atoms. The van der Waals surface area contributed by atoms with Crippen molar-refractivity contribution in [1.29, 1.82) is 0 Å². The normalized spacial score (nSPS) is 18.9. The highest BCUT2D eigenvalue weighted by atomic mass is 16.5. The number of morpholine rings is 1. The molecule has 2 saturated heterocycles. The van der Waals surface area contributed by atoms with E-state index in [1.807, 2.05) is 0 Å². The van der Waals surface area contributed by atoms with Gasteiger partial charge in [0.1, 0.15) is 0 Å². The Morgan fingerprint density at radius 2 is 1.69 bits per heavy atom. The number of hydrogen-bond donors (Lipinski definition) is 1. The van der Waals surface area contributed by atoms with Crippen LogP contribution in [0.1, 0.15) is 29.5 Å². The summed E-state index contributed by atoms with van der Waals surface area (Å²) in [6, 6.07) is 15.2. The first-order valence-corrected chi connectivity index (χ1v) is 11.9. The molecule has 0 atom stereocenters.